The fourth-order valence-electron chi connectivity index (χ4n) is 2.79. The fraction of sp³-hybridized carbons (Fsp3) is 0.692. The minimum atomic E-state index is -1.16. The van der Waals surface area contributed by atoms with Crippen LogP contribution in [0.1, 0.15) is 43.3 Å². The molecular formula is C13H17N3O4. The van der Waals surface area contributed by atoms with Crippen LogP contribution >= 0.6 is 0 Å². The van der Waals surface area contributed by atoms with Crippen LogP contribution in [0.2, 0.25) is 0 Å². The average molecular weight is 279 g/mol. The van der Waals surface area contributed by atoms with Crippen molar-refractivity contribution in [2.45, 2.75) is 38.5 Å². The first-order valence-corrected chi connectivity index (χ1v) is 6.86. The molecule has 1 aliphatic carbocycles. The molecule has 1 N–H and O–H groups in total. The van der Waals surface area contributed by atoms with E-state index in [0.29, 0.717) is 37.6 Å². The Hall–Kier alpha value is -1.92. The quantitative estimate of drug-likeness (QED) is 0.827. The van der Waals surface area contributed by atoms with Crippen molar-refractivity contribution >= 4 is 11.9 Å². The lowest BCUT2D eigenvalue weighted by Crippen LogP contribution is -2.45. The number of amides is 1. The van der Waals surface area contributed by atoms with E-state index in [-0.39, 0.29) is 11.8 Å². The molecule has 1 saturated carbocycles. The van der Waals surface area contributed by atoms with Gasteiger partial charge in [0.1, 0.15) is 5.41 Å². The molecule has 0 bridgehead atoms. The van der Waals surface area contributed by atoms with Crippen molar-refractivity contribution in [3.8, 4) is 0 Å². The van der Waals surface area contributed by atoms with E-state index < -0.39 is 11.4 Å². The first-order valence-electron chi connectivity index (χ1n) is 6.86. The van der Waals surface area contributed by atoms with Gasteiger partial charge in [-0.15, -0.1) is 0 Å². The average Bonchev–Trinajstić information content (AvgIpc) is 3.15. The third-order valence-corrected chi connectivity index (χ3v) is 4.17. The number of rotatable bonds is 3. The van der Waals surface area contributed by atoms with Gasteiger partial charge in [0.05, 0.1) is 5.92 Å². The van der Waals surface area contributed by atoms with Crippen LogP contribution in [-0.4, -0.2) is 45.1 Å². The Morgan fingerprint density at radius 2 is 2.20 bits per heavy atom. The highest BCUT2D eigenvalue weighted by atomic mass is 16.5. The molecule has 1 saturated heterocycles. The zero-order chi connectivity index (χ0) is 14.3. The maximum Gasteiger partial charge on any atom is 0.319 e. The van der Waals surface area contributed by atoms with Crippen LogP contribution in [0, 0.1) is 12.3 Å². The molecule has 0 unspecified atom stereocenters. The molecule has 1 atom stereocenters. The Bertz CT molecular complexity index is 550. The van der Waals surface area contributed by atoms with Gasteiger partial charge in [-0.25, -0.2) is 0 Å². The van der Waals surface area contributed by atoms with E-state index in [1.54, 1.807) is 11.8 Å². The number of aromatic nitrogens is 2. The van der Waals surface area contributed by atoms with Gasteiger partial charge in [-0.1, -0.05) is 5.16 Å². The Labute approximate surface area is 115 Å². The first kappa shape index (κ1) is 13.1. The first-order chi connectivity index (χ1) is 9.53. The normalized spacial score (nSPS) is 24.4. The van der Waals surface area contributed by atoms with Gasteiger partial charge in [0.2, 0.25) is 11.8 Å². The smallest absolute Gasteiger partial charge is 0.319 e. The molecule has 1 amide bonds. The molecular weight excluding hydrogens is 262 g/mol. The maximum atomic E-state index is 12.4. The van der Waals surface area contributed by atoms with Crippen molar-refractivity contribution in [3.05, 3.63) is 11.7 Å². The Morgan fingerprint density at radius 1 is 1.45 bits per heavy atom. The standard InChI is InChI=1S/C13H17N3O4/c1-8-14-10(20-15-8)9-3-2-6-16(7-9)11(17)13(4-5-13)12(18)19/h9H,2-7H2,1H3,(H,18,19)/t9-/m1/s1. The Morgan fingerprint density at radius 3 is 2.75 bits per heavy atom. The Balaban J connectivity index is 1.72. The van der Waals surface area contributed by atoms with E-state index in [9.17, 15) is 14.7 Å². The van der Waals surface area contributed by atoms with Crippen molar-refractivity contribution in [2.75, 3.05) is 13.1 Å². The SMILES string of the molecule is Cc1noc([C@@H]2CCCN(C(=O)C3(C(=O)O)CC3)C2)n1. The summed E-state index contributed by atoms with van der Waals surface area (Å²) in [6, 6.07) is 0. The largest absolute Gasteiger partial charge is 0.480 e. The summed E-state index contributed by atoms with van der Waals surface area (Å²) in [4.78, 5) is 29.5. The lowest BCUT2D eigenvalue weighted by Gasteiger charge is -2.32. The highest BCUT2D eigenvalue weighted by Gasteiger charge is 2.58. The van der Waals surface area contributed by atoms with E-state index in [2.05, 4.69) is 10.1 Å². The molecule has 108 valence electrons. The number of hydrogen-bond acceptors (Lipinski definition) is 5. The third-order valence-electron chi connectivity index (χ3n) is 4.17. The van der Waals surface area contributed by atoms with Crippen molar-refractivity contribution < 1.29 is 19.2 Å². The van der Waals surface area contributed by atoms with Crippen LogP contribution in [0.25, 0.3) is 0 Å². The molecule has 0 spiro atoms. The van der Waals surface area contributed by atoms with Crippen molar-refractivity contribution in [2.24, 2.45) is 5.41 Å². The second-order valence-corrected chi connectivity index (χ2v) is 5.66. The maximum absolute atomic E-state index is 12.4. The summed E-state index contributed by atoms with van der Waals surface area (Å²) in [5.74, 6) is -0.129. The molecule has 1 aromatic heterocycles. The molecule has 7 nitrogen and oxygen atoms in total. The number of carbonyl (C=O) groups excluding carboxylic acids is 1. The Kier molecular flexibility index (Phi) is 2.99. The van der Waals surface area contributed by atoms with Gasteiger partial charge in [-0.05, 0) is 32.6 Å². The number of likely N-dealkylation sites (tertiary alicyclic amines) is 1. The molecule has 0 aromatic carbocycles. The molecule has 2 aliphatic rings. The predicted octanol–water partition coefficient (Wildman–Crippen LogP) is 0.949. The van der Waals surface area contributed by atoms with E-state index in [1.807, 2.05) is 0 Å². The highest BCUT2D eigenvalue weighted by Crippen LogP contribution is 2.48. The predicted molar refractivity (Wildman–Crippen MR) is 66.9 cm³/mol. The van der Waals surface area contributed by atoms with Crippen LogP contribution in [0.5, 0.6) is 0 Å². The van der Waals surface area contributed by atoms with Crippen LogP contribution in [0.4, 0.5) is 0 Å². The number of hydrogen-bond donors (Lipinski definition) is 1. The van der Waals surface area contributed by atoms with E-state index >= 15 is 0 Å². The monoisotopic (exact) mass is 279 g/mol. The zero-order valence-electron chi connectivity index (χ0n) is 11.3. The van der Waals surface area contributed by atoms with Crippen LogP contribution in [0.15, 0.2) is 4.52 Å². The zero-order valence-corrected chi connectivity index (χ0v) is 11.3. The van der Waals surface area contributed by atoms with Gasteiger partial charge in [-0.2, -0.15) is 4.98 Å². The van der Waals surface area contributed by atoms with E-state index in [4.69, 9.17) is 4.52 Å². The lowest BCUT2D eigenvalue weighted by molar-refractivity contribution is -0.154. The molecule has 1 aliphatic heterocycles. The summed E-state index contributed by atoms with van der Waals surface area (Å²) in [5, 5.41) is 13.0. The van der Waals surface area contributed by atoms with E-state index in [1.165, 1.54) is 0 Å². The van der Waals surface area contributed by atoms with Gasteiger partial charge in [-0.3, -0.25) is 9.59 Å². The van der Waals surface area contributed by atoms with Gasteiger partial charge in [0.15, 0.2) is 5.82 Å². The second-order valence-electron chi connectivity index (χ2n) is 5.66. The molecule has 3 rings (SSSR count). The molecule has 7 heteroatoms. The van der Waals surface area contributed by atoms with Gasteiger partial charge in [0, 0.05) is 13.1 Å². The summed E-state index contributed by atoms with van der Waals surface area (Å²) in [7, 11) is 0. The second kappa shape index (κ2) is 4.57. The molecule has 2 heterocycles. The van der Waals surface area contributed by atoms with Gasteiger partial charge in [0.25, 0.3) is 0 Å². The van der Waals surface area contributed by atoms with Crippen molar-refractivity contribution in [1.82, 2.24) is 15.0 Å². The number of aryl methyl sites for hydroxylation is 1. The minimum Gasteiger partial charge on any atom is -0.480 e. The minimum absolute atomic E-state index is 0.0125. The van der Waals surface area contributed by atoms with Gasteiger partial charge >= 0.3 is 5.97 Å². The highest BCUT2D eigenvalue weighted by molar-refractivity contribution is 6.04. The topological polar surface area (TPSA) is 96.5 Å². The van der Waals surface area contributed by atoms with Crippen molar-refractivity contribution in [3.63, 3.8) is 0 Å². The number of carbonyl (C=O) groups is 2. The number of aliphatic carboxylic acids is 1. The van der Waals surface area contributed by atoms with E-state index in [0.717, 1.165) is 12.8 Å². The summed E-state index contributed by atoms with van der Waals surface area (Å²) in [6.45, 7) is 2.83. The fourth-order valence-corrected chi connectivity index (χ4v) is 2.79. The van der Waals surface area contributed by atoms with Crippen LogP contribution in [0.3, 0.4) is 0 Å². The molecule has 0 radical (unpaired) electrons. The molecule has 1 aromatic rings. The summed E-state index contributed by atoms with van der Waals surface area (Å²) in [6.07, 6.45) is 2.60. The third kappa shape index (κ3) is 2.07. The molecule has 20 heavy (non-hydrogen) atoms. The number of carboxylic acid groups (broad SMARTS) is 1. The van der Waals surface area contributed by atoms with Crippen LogP contribution < -0.4 is 0 Å². The number of piperidine rings is 1. The summed E-state index contributed by atoms with van der Waals surface area (Å²) < 4.78 is 5.17. The number of nitrogens with zero attached hydrogens (tertiary/aromatic N) is 3. The summed E-state index contributed by atoms with van der Waals surface area (Å²) in [5.41, 5.74) is -1.16. The van der Waals surface area contributed by atoms with Crippen LogP contribution in [-0.2, 0) is 9.59 Å². The summed E-state index contributed by atoms with van der Waals surface area (Å²) >= 11 is 0. The van der Waals surface area contributed by atoms with Crippen molar-refractivity contribution in [1.29, 1.82) is 0 Å². The number of carboxylic acids is 1. The molecule has 2 fully saturated rings. The van der Waals surface area contributed by atoms with Gasteiger partial charge < -0.3 is 14.5 Å². The lowest BCUT2D eigenvalue weighted by atomic mass is 9.95.